The Labute approximate surface area is 122 Å². The van der Waals surface area contributed by atoms with Crippen molar-refractivity contribution in [1.29, 1.82) is 0 Å². The molecule has 2 rings (SSSR count). The van der Waals surface area contributed by atoms with E-state index in [4.69, 9.17) is 4.74 Å². The van der Waals surface area contributed by atoms with Crippen molar-refractivity contribution in [1.82, 2.24) is 15.1 Å². The molecule has 1 aliphatic heterocycles. The van der Waals surface area contributed by atoms with Crippen LogP contribution in [0.25, 0.3) is 0 Å². The maximum Gasteiger partial charge on any atom is 0.236 e. The Kier molecular flexibility index (Phi) is 6.76. The SMILES string of the molecule is CN1CCN(C(=O)CNCCOC2CCCCC2)CC1. The van der Waals surface area contributed by atoms with E-state index in [1.165, 1.54) is 32.1 Å². The third kappa shape index (κ3) is 5.38. The average molecular weight is 283 g/mol. The molecule has 0 aromatic carbocycles. The fourth-order valence-corrected chi connectivity index (χ4v) is 2.89. The number of rotatable bonds is 6. The second-order valence-corrected chi connectivity index (χ2v) is 5.99. The molecule has 116 valence electrons. The van der Waals surface area contributed by atoms with Crippen LogP contribution in [-0.4, -0.2) is 74.7 Å². The molecule has 0 aromatic heterocycles. The lowest BCUT2D eigenvalue weighted by Crippen LogP contribution is -2.49. The van der Waals surface area contributed by atoms with Gasteiger partial charge in [0.1, 0.15) is 0 Å². The molecule has 1 saturated heterocycles. The van der Waals surface area contributed by atoms with Crippen LogP contribution in [0.3, 0.4) is 0 Å². The zero-order valence-electron chi connectivity index (χ0n) is 12.8. The Bertz CT molecular complexity index is 285. The van der Waals surface area contributed by atoms with E-state index in [0.29, 0.717) is 12.6 Å². The van der Waals surface area contributed by atoms with Crippen LogP contribution in [0.5, 0.6) is 0 Å². The number of amides is 1. The van der Waals surface area contributed by atoms with Crippen LogP contribution in [0, 0.1) is 0 Å². The largest absolute Gasteiger partial charge is 0.377 e. The normalized spacial score (nSPS) is 22.1. The van der Waals surface area contributed by atoms with Gasteiger partial charge in [-0.2, -0.15) is 0 Å². The van der Waals surface area contributed by atoms with E-state index in [2.05, 4.69) is 17.3 Å². The number of nitrogens with zero attached hydrogens (tertiary/aromatic N) is 2. The summed E-state index contributed by atoms with van der Waals surface area (Å²) in [6.07, 6.45) is 6.84. The van der Waals surface area contributed by atoms with Gasteiger partial charge in [-0.1, -0.05) is 19.3 Å². The summed E-state index contributed by atoms with van der Waals surface area (Å²) in [6.45, 7) is 5.62. The van der Waals surface area contributed by atoms with Gasteiger partial charge in [0.25, 0.3) is 0 Å². The van der Waals surface area contributed by atoms with E-state index in [1.54, 1.807) is 0 Å². The lowest BCUT2D eigenvalue weighted by molar-refractivity contribution is -0.131. The molecule has 2 aliphatic rings. The molecule has 1 aliphatic carbocycles. The van der Waals surface area contributed by atoms with E-state index >= 15 is 0 Å². The summed E-state index contributed by atoms with van der Waals surface area (Å²) in [7, 11) is 2.10. The summed E-state index contributed by atoms with van der Waals surface area (Å²) in [4.78, 5) is 16.2. The highest BCUT2D eigenvalue weighted by atomic mass is 16.5. The van der Waals surface area contributed by atoms with E-state index in [0.717, 1.165) is 39.3 Å². The standard InChI is InChI=1S/C15H29N3O2/c1-17-8-10-18(11-9-17)15(19)13-16-7-12-20-14-5-3-2-4-6-14/h14,16H,2-13H2,1H3. The Morgan fingerprint density at radius 1 is 1.15 bits per heavy atom. The maximum atomic E-state index is 12.0. The Hall–Kier alpha value is -0.650. The summed E-state index contributed by atoms with van der Waals surface area (Å²) < 4.78 is 5.83. The molecule has 0 spiro atoms. The van der Waals surface area contributed by atoms with Crippen molar-refractivity contribution in [2.24, 2.45) is 0 Å². The quantitative estimate of drug-likeness (QED) is 0.729. The fourth-order valence-electron chi connectivity index (χ4n) is 2.89. The van der Waals surface area contributed by atoms with Crippen LogP contribution in [0.15, 0.2) is 0 Å². The second kappa shape index (κ2) is 8.60. The van der Waals surface area contributed by atoms with Crippen molar-refractivity contribution in [2.75, 3.05) is 52.9 Å². The first-order chi connectivity index (χ1) is 9.75. The van der Waals surface area contributed by atoms with Gasteiger partial charge in [0.15, 0.2) is 0 Å². The van der Waals surface area contributed by atoms with Crippen molar-refractivity contribution in [2.45, 2.75) is 38.2 Å². The monoisotopic (exact) mass is 283 g/mol. The van der Waals surface area contributed by atoms with Crippen molar-refractivity contribution in [3.05, 3.63) is 0 Å². The lowest BCUT2D eigenvalue weighted by Gasteiger charge is -2.32. The molecule has 2 fully saturated rings. The van der Waals surface area contributed by atoms with Gasteiger partial charge in [-0.05, 0) is 19.9 Å². The molecule has 0 aromatic rings. The van der Waals surface area contributed by atoms with Crippen LogP contribution in [-0.2, 0) is 9.53 Å². The molecule has 20 heavy (non-hydrogen) atoms. The van der Waals surface area contributed by atoms with Crippen molar-refractivity contribution < 1.29 is 9.53 Å². The molecule has 0 atom stereocenters. The maximum absolute atomic E-state index is 12.0. The molecule has 1 heterocycles. The van der Waals surface area contributed by atoms with Crippen LogP contribution < -0.4 is 5.32 Å². The zero-order chi connectivity index (χ0) is 14.2. The highest BCUT2D eigenvalue weighted by Gasteiger charge is 2.18. The Morgan fingerprint density at radius 3 is 2.55 bits per heavy atom. The summed E-state index contributed by atoms with van der Waals surface area (Å²) in [6, 6.07) is 0. The van der Waals surface area contributed by atoms with Gasteiger partial charge >= 0.3 is 0 Å². The van der Waals surface area contributed by atoms with Gasteiger partial charge in [0.2, 0.25) is 5.91 Å². The molecule has 0 bridgehead atoms. The van der Waals surface area contributed by atoms with Crippen molar-refractivity contribution in [3.8, 4) is 0 Å². The minimum atomic E-state index is 0.218. The first kappa shape index (κ1) is 15.7. The van der Waals surface area contributed by atoms with Crippen LogP contribution in [0.1, 0.15) is 32.1 Å². The topological polar surface area (TPSA) is 44.8 Å². The molecule has 0 radical (unpaired) electrons. The number of carbonyl (C=O) groups excluding carboxylic acids is 1. The Morgan fingerprint density at radius 2 is 1.85 bits per heavy atom. The number of ether oxygens (including phenoxy) is 1. The van der Waals surface area contributed by atoms with Crippen molar-refractivity contribution >= 4 is 5.91 Å². The second-order valence-electron chi connectivity index (χ2n) is 5.99. The summed E-state index contributed by atoms with van der Waals surface area (Å²) in [5.41, 5.74) is 0. The van der Waals surface area contributed by atoms with Gasteiger partial charge in [-0.25, -0.2) is 0 Å². The summed E-state index contributed by atoms with van der Waals surface area (Å²) >= 11 is 0. The minimum Gasteiger partial charge on any atom is -0.377 e. The molecule has 5 nitrogen and oxygen atoms in total. The first-order valence-corrected chi connectivity index (χ1v) is 8.04. The number of piperazine rings is 1. The predicted molar refractivity (Wildman–Crippen MR) is 79.8 cm³/mol. The van der Waals surface area contributed by atoms with E-state index in [-0.39, 0.29) is 5.91 Å². The summed E-state index contributed by atoms with van der Waals surface area (Å²) in [5, 5.41) is 3.20. The molecule has 1 amide bonds. The van der Waals surface area contributed by atoms with Crippen LogP contribution >= 0.6 is 0 Å². The minimum absolute atomic E-state index is 0.218. The smallest absolute Gasteiger partial charge is 0.236 e. The number of carbonyl (C=O) groups is 1. The van der Waals surface area contributed by atoms with E-state index in [9.17, 15) is 4.79 Å². The van der Waals surface area contributed by atoms with Crippen LogP contribution in [0.2, 0.25) is 0 Å². The summed E-state index contributed by atoms with van der Waals surface area (Å²) in [5.74, 6) is 0.218. The first-order valence-electron chi connectivity index (χ1n) is 8.04. The van der Waals surface area contributed by atoms with Gasteiger partial charge in [0, 0.05) is 32.7 Å². The zero-order valence-corrected chi connectivity index (χ0v) is 12.8. The lowest BCUT2D eigenvalue weighted by atomic mass is 9.98. The highest BCUT2D eigenvalue weighted by Crippen LogP contribution is 2.19. The van der Waals surface area contributed by atoms with Gasteiger partial charge in [-0.15, -0.1) is 0 Å². The molecule has 1 N–H and O–H groups in total. The van der Waals surface area contributed by atoms with E-state index in [1.807, 2.05) is 4.90 Å². The van der Waals surface area contributed by atoms with Crippen LogP contribution in [0.4, 0.5) is 0 Å². The molecule has 5 heteroatoms. The molecular formula is C15H29N3O2. The number of likely N-dealkylation sites (N-methyl/N-ethyl adjacent to an activating group) is 1. The highest BCUT2D eigenvalue weighted by molar-refractivity contribution is 5.78. The Balaban J connectivity index is 1.49. The van der Waals surface area contributed by atoms with Crippen molar-refractivity contribution in [3.63, 3.8) is 0 Å². The predicted octanol–water partition coefficient (Wildman–Crippen LogP) is 0.699. The number of nitrogens with one attached hydrogen (secondary N) is 1. The average Bonchev–Trinajstić information content (AvgIpc) is 2.48. The van der Waals surface area contributed by atoms with Gasteiger partial charge in [0.05, 0.1) is 19.3 Å². The number of hydrogen-bond acceptors (Lipinski definition) is 4. The molecule has 0 unspecified atom stereocenters. The molecule has 1 saturated carbocycles. The number of hydrogen-bond donors (Lipinski definition) is 1. The van der Waals surface area contributed by atoms with E-state index < -0.39 is 0 Å². The third-order valence-corrected chi connectivity index (χ3v) is 4.32. The molecular weight excluding hydrogens is 254 g/mol. The van der Waals surface area contributed by atoms with Gasteiger partial charge in [-0.3, -0.25) is 4.79 Å². The third-order valence-electron chi connectivity index (χ3n) is 4.32. The fraction of sp³-hybridized carbons (Fsp3) is 0.933. The van der Waals surface area contributed by atoms with Gasteiger partial charge < -0.3 is 19.9 Å².